The van der Waals surface area contributed by atoms with Crippen molar-refractivity contribution in [3.05, 3.63) is 53.0 Å². The maximum atomic E-state index is 12.5. The van der Waals surface area contributed by atoms with Gasteiger partial charge in [-0.3, -0.25) is 9.59 Å². The Morgan fingerprint density at radius 3 is 2.60 bits per heavy atom. The molecule has 0 radical (unpaired) electrons. The molecule has 1 saturated heterocycles. The number of carbonyl (C=O) groups excluding carboxylic acids is 2. The van der Waals surface area contributed by atoms with Crippen molar-refractivity contribution < 1.29 is 14.3 Å². The minimum atomic E-state index is -0.663. The molecule has 5 nitrogen and oxygen atoms in total. The van der Waals surface area contributed by atoms with Gasteiger partial charge in [-0.1, -0.05) is 28.1 Å². The monoisotopic (exact) mass is 402 g/mol. The Labute approximate surface area is 155 Å². The van der Waals surface area contributed by atoms with Crippen LogP contribution >= 0.6 is 15.9 Å². The van der Waals surface area contributed by atoms with E-state index in [2.05, 4.69) is 21.2 Å². The largest absolute Gasteiger partial charge is 0.481 e. The molecule has 0 bridgehead atoms. The number of benzene rings is 2. The second-order valence-corrected chi connectivity index (χ2v) is 6.79. The minimum absolute atomic E-state index is 0.0841. The quantitative estimate of drug-likeness (QED) is 0.822. The van der Waals surface area contributed by atoms with Gasteiger partial charge < -0.3 is 15.0 Å². The second-order valence-electron chi connectivity index (χ2n) is 5.87. The predicted octanol–water partition coefficient (Wildman–Crippen LogP) is 3.98. The van der Waals surface area contributed by atoms with Gasteiger partial charge in [-0.15, -0.1) is 0 Å². The predicted molar refractivity (Wildman–Crippen MR) is 101 cm³/mol. The highest BCUT2D eigenvalue weighted by Gasteiger charge is 2.25. The molecular weight excluding hydrogens is 384 g/mol. The van der Waals surface area contributed by atoms with Crippen LogP contribution in [0.1, 0.15) is 19.8 Å². The summed E-state index contributed by atoms with van der Waals surface area (Å²) < 4.78 is 6.62. The number of nitrogens with one attached hydrogen (secondary N) is 1. The van der Waals surface area contributed by atoms with E-state index < -0.39 is 6.10 Å². The molecule has 2 aromatic rings. The van der Waals surface area contributed by atoms with Crippen LogP contribution in [0.2, 0.25) is 0 Å². The summed E-state index contributed by atoms with van der Waals surface area (Å²) in [5.41, 5.74) is 1.35. The van der Waals surface area contributed by atoms with Gasteiger partial charge in [0, 0.05) is 17.4 Å². The summed E-state index contributed by atoms with van der Waals surface area (Å²) in [6, 6.07) is 14.6. The van der Waals surface area contributed by atoms with E-state index in [4.69, 9.17) is 4.74 Å². The zero-order valence-corrected chi connectivity index (χ0v) is 15.5. The number of amides is 2. The first-order valence-corrected chi connectivity index (χ1v) is 8.96. The Morgan fingerprint density at radius 1 is 1.20 bits per heavy atom. The molecule has 1 unspecified atom stereocenters. The number of hydrogen-bond acceptors (Lipinski definition) is 3. The molecule has 0 saturated carbocycles. The van der Waals surface area contributed by atoms with Gasteiger partial charge in [-0.2, -0.15) is 0 Å². The van der Waals surface area contributed by atoms with Crippen molar-refractivity contribution in [2.75, 3.05) is 16.8 Å². The van der Waals surface area contributed by atoms with Gasteiger partial charge in [0.15, 0.2) is 6.10 Å². The maximum Gasteiger partial charge on any atom is 0.265 e. The summed E-state index contributed by atoms with van der Waals surface area (Å²) in [7, 11) is 0. The van der Waals surface area contributed by atoms with Crippen LogP contribution in [0.4, 0.5) is 11.4 Å². The number of ether oxygens (including phenoxy) is 1. The van der Waals surface area contributed by atoms with Crippen LogP contribution in [0.25, 0.3) is 0 Å². The Hall–Kier alpha value is -2.34. The molecule has 0 aromatic heterocycles. The number of para-hydroxylation sites is 2. The summed E-state index contributed by atoms with van der Waals surface area (Å²) in [5, 5.41) is 2.87. The SMILES string of the molecule is CC(Oc1ccc(Br)cc1)C(=O)Nc1ccccc1N1CCCC1=O. The first kappa shape index (κ1) is 17.5. The van der Waals surface area contributed by atoms with Crippen molar-refractivity contribution in [1.82, 2.24) is 0 Å². The van der Waals surface area contributed by atoms with Crippen molar-refractivity contribution in [1.29, 1.82) is 0 Å². The van der Waals surface area contributed by atoms with Crippen LogP contribution in [0.15, 0.2) is 53.0 Å². The van der Waals surface area contributed by atoms with Crippen molar-refractivity contribution in [2.24, 2.45) is 0 Å². The summed E-state index contributed by atoms with van der Waals surface area (Å²) in [6.45, 7) is 2.37. The van der Waals surface area contributed by atoms with E-state index in [-0.39, 0.29) is 11.8 Å². The molecule has 2 amide bonds. The Kier molecular flexibility index (Phi) is 5.38. The van der Waals surface area contributed by atoms with Crippen LogP contribution in [-0.2, 0) is 9.59 Å². The molecule has 3 rings (SSSR count). The molecule has 1 fully saturated rings. The van der Waals surface area contributed by atoms with Crippen molar-refractivity contribution in [3.8, 4) is 5.75 Å². The van der Waals surface area contributed by atoms with Gasteiger partial charge >= 0.3 is 0 Å². The summed E-state index contributed by atoms with van der Waals surface area (Å²) in [6.07, 6.45) is 0.721. The molecule has 2 aromatic carbocycles. The third kappa shape index (κ3) is 4.20. The fourth-order valence-corrected chi connectivity index (χ4v) is 2.99. The van der Waals surface area contributed by atoms with Crippen LogP contribution in [0.3, 0.4) is 0 Å². The summed E-state index contributed by atoms with van der Waals surface area (Å²) in [5.74, 6) is 0.441. The van der Waals surface area contributed by atoms with E-state index in [1.54, 1.807) is 30.0 Å². The highest BCUT2D eigenvalue weighted by Crippen LogP contribution is 2.29. The van der Waals surface area contributed by atoms with Gasteiger partial charge in [0.25, 0.3) is 5.91 Å². The Balaban J connectivity index is 1.70. The Bertz CT molecular complexity index is 776. The van der Waals surface area contributed by atoms with Crippen molar-refractivity contribution in [3.63, 3.8) is 0 Å². The lowest BCUT2D eigenvalue weighted by Gasteiger charge is -2.21. The molecule has 25 heavy (non-hydrogen) atoms. The number of halogens is 1. The number of nitrogens with zero attached hydrogens (tertiary/aromatic N) is 1. The van der Waals surface area contributed by atoms with Crippen LogP contribution in [0.5, 0.6) is 5.75 Å². The smallest absolute Gasteiger partial charge is 0.265 e. The molecule has 0 aliphatic carbocycles. The minimum Gasteiger partial charge on any atom is -0.481 e. The summed E-state index contributed by atoms with van der Waals surface area (Å²) >= 11 is 3.36. The van der Waals surface area contributed by atoms with Crippen molar-refractivity contribution >= 4 is 39.1 Å². The molecule has 0 spiro atoms. The first-order chi connectivity index (χ1) is 12.0. The molecule has 1 aliphatic rings. The van der Waals surface area contributed by atoms with Gasteiger partial charge in [0.2, 0.25) is 5.91 Å². The van der Waals surface area contributed by atoms with E-state index in [0.717, 1.165) is 16.6 Å². The summed E-state index contributed by atoms with van der Waals surface area (Å²) in [4.78, 5) is 26.2. The van der Waals surface area contributed by atoms with E-state index in [0.29, 0.717) is 24.4 Å². The standard InChI is InChI=1S/C19H19BrN2O3/c1-13(25-15-10-8-14(20)9-11-15)19(24)21-16-5-2-3-6-17(16)22-12-4-7-18(22)23/h2-3,5-6,8-11,13H,4,7,12H2,1H3,(H,21,24). The maximum absolute atomic E-state index is 12.5. The van der Waals surface area contributed by atoms with Gasteiger partial charge in [-0.25, -0.2) is 0 Å². The molecule has 6 heteroatoms. The third-order valence-electron chi connectivity index (χ3n) is 4.02. The van der Waals surface area contributed by atoms with Gasteiger partial charge in [0.05, 0.1) is 11.4 Å². The lowest BCUT2D eigenvalue weighted by Crippen LogP contribution is -2.31. The van der Waals surface area contributed by atoms with E-state index >= 15 is 0 Å². The van der Waals surface area contributed by atoms with Gasteiger partial charge in [-0.05, 0) is 49.7 Å². The zero-order valence-electron chi connectivity index (χ0n) is 13.9. The fourth-order valence-electron chi connectivity index (χ4n) is 2.72. The highest BCUT2D eigenvalue weighted by atomic mass is 79.9. The number of hydrogen-bond donors (Lipinski definition) is 1. The van der Waals surface area contributed by atoms with Gasteiger partial charge in [0.1, 0.15) is 5.75 Å². The molecule has 1 aliphatic heterocycles. The topological polar surface area (TPSA) is 58.6 Å². The highest BCUT2D eigenvalue weighted by molar-refractivity contribution is 9.10. The van der Waals surface area contributed by atoms with E-state index in [1.807, 2.05) is 30.3 Å². The number of rotatable bonds is 5. The zero-order chi connectivity index (χ0) is 17.8. The lowest BCUT2D eigenvalue weighted by molar-refractivity contribution is -0.122. The second kappa shape index (κ2) is 7.70. The molecule has 1 N–H and O–H groups in total. The van der Waals surface area contributed by atoms with E-state index in [9.17, 15) is 9.59 Å². The lowest BCUT2D eigenvalue weighted by atomic mass is 10.2. The third-order valence-corrected chi connectivity index (χ3v) is 4.55. The normalized spacial score (nSPS) is 15.1. The fraction of sp³-hybridized carbons (Fsp3) is 0.263. The van der Waals surface area contributed by atoms with Crippen molar-refractivity contribution in [2.45, 2.75) is 25.9 Å². The number of anilines is 2. The van der Waals surface area contributed by atoms with Crippen LogP contribution in [-0.4, -0.2) is 24.5 Å². The first-order valence-electron chi connectivity index (χ1n) is 8.17. The van der Waals surface area contributed by atoms with E-state index in [1.165, 1.54) is 0 Å². The molecule has 130 valence electrons. The molecule has 1 heterocycles. The number of carbonyl (C=O) groups is 2. The Morgan fingerprint density at radius 2 is 1.92 bits per heavy atom. The average molecular weight is 403 g/mol. The van der Waals surface area contributed by atoms with Crippen LogP contribution in [0, 0.1) is 0 Å². The average Bonchev–Trinajstić information content (AvgIpc) is 3.03. The molecular formula is C19H19BrN2O3. The van der Waals surface area contributed by atoms with Crippen LogP contribution < -0.4 is 15.0 Å². The molecule has 1 atom stereocenters.